The number of carbonyl (C=O) groups excluding carboxylic acids is 1. The molecule has 0 bridgehead atoms. The van der Waals surface area contributed by atoms with Crippen LogP contribution >= 0.6 is 12.4 Å². The molecule has 2 fully saturated rings. The Hall–Kier alpha value is -1.15. The molecular weight excluding hydrogens is 374 g/mol. The molecule has 0 spiro atoms. The Labute approximate surface area is 162 Å². The summed E-state index contributed by atoms with van der Waals surface area (Å²) in [5.74, 6) is -0.00694. The van der Waals surface area contributed by atoms with Gasteiger partial charge in [0.25, 0.3) is 0 Å². The van der Waals surface area contributed by atoms with Gasteiger partial charge >= 0.3 is 0 Å². The predicted octanol–water partition coefficient (Wildman–Crippen LogP) is 2.03. The molecule has 1 aromatic carbocycles. The summed E-state index contributed by atoms with van der Waals surface area (Å²) < 4.78 is 27.1. The monoisotopic (exact) mass is 401 g/mol. The second-order valence-corrected chi connectivity index (χ2v) is 9.04. The molecule has 1 amide bonds. The van der Waals surface area contributed by atoms with E-state index < -0.39 is 10.0 Å². The van der Waals surface area contributed by atoms with Gasteiger partial charge in [-0.15, -0.1) is 12.4 Å². The molecule has 1 saturated heterocycles. The first-order valence-corrected chi connectivity index (χ1v) is 10.5. The van der Waals surface area contributed by atoms with Crippen LogP contribution in [0.25, 0.3) is 0 Å². The lowest BCUT2D eigenvalue weighted by Gasteiger charge is -2.26. The van der Waals surface area contributed by atoms with Crippen LogP contribution in [0.4, 0.5) is 0 Å². The van der Waals surface area contributed by atoms with Crippen molar-refractivity contribution in [1.82, 2.24) is 9.62 Å². The van der Waals surface area contributed by atoms with Crippen molar-refractivity contribution in [3.05, 3.63) is 29.8 Å². The number of halogens is 1. The summed E-state index contributed by atoms with van der Waals surface area (Å²) in [6.07, 6.45) is 5.37. The Morgan fingerprint density at radius 2 is 1.92 bits per heavy atom. The summed E-state index contributed by atoms with van der Waals surface area (Å²) >= 11 is 0. The molecular formula is C18H28ClN3O3S. The second-order valence-electron chi connectivity index (χ2n) is 7.10. The molecule has 2 atom stereocenters. The quantitative estimate of drug-likeness (QED) is 0.789. The highest BCUT2D eigenvalue weighted by Crippen LogP contribution is 2.24. The number of hydrogen-bond donors (Lipinski definition) is 2. The zero-order valence-corrected chi connectivity index (χ0v) is 16.5. The third kappa shape index (κ3) is 4.97. The maximum Gasteiger partial charge on any atom is 0.243 e. The molecule has 6 nitrogen and oxygen atoms in total. The molecule has 1 aliphatic heterocycles. The smallest absolute Gasteiger partial charge is 0.243 e. The number of rotatable bonds is 5. The summed E-state index contributed by atoms with van der Waals surface area (Å²) in [4.78, 5) is 12.5. The molecule has 1 heterocycles. The van der Waals surface area contributed by atoms with E-state index >= 15 is 0 Å². The Kier molecular flexibility index (Phi) is 7.46. The van der Waals surface area contributed by atoms with Gasteiger partial charge < -0.3 is 11.1 Å². The second kappa shape index (κ2) is 9.17. The van der Waals surface area contributed by atoms with Crippen molar-refractivity contribution in [2.45, 2.75) is 56.0 Å². The number of piperidine rings is 1. The molecule has 0 radical (unpaired) electrons. The summed E-state index contributed by atoms with van der Waals surface area (Å²) in [6, 6.07) is 7.00. The van der Waals surface area contributed by atoms with E-state index in [1.54, 1.807) is 22.5 Å². The van der Waals surface area contributed by atoms with Gasteiger partial charge in [0, 0.05) is 31.6 Å². The number of sulfonamides is 1. The van der Waals surface area contributed by atoms with Crippen molar-refractivity contribution in [3.63, 3.8) is 0 Å². The van der Waals surface area contributed by atoms with Crippen LogP contribution in [-0.2, 0) is 21.4 Å². The molecule has 1 aromatic rings. The van der Waals surface area contributed by atoms with Crippen molar-refractivity contribution >= 4 is 28.3 Å². The van der Waals surface area contributed by atoms with Crippen LogP contribution < -0.4 is 11.1 Å². The lowest BCUT2D eigenvalue weighted by atomic mass is 10.1. The minimum atomic E-state index is -3.44. The molecule has 8 heteroatoms. The highest BCUT2D eigenvalue weighted by atomic mass is 35.5. The first-order valence-electron chi connectivity index (χ1n) is 9.09. The SMILES string of the molecule is Cl.NC1CCC(C(=O)NCc2cccc(S(=O)(=O)N3CCCCC3)c2)C1. The van der Waals surface area contributed by atoms with Crippen LogP contribution in [0.3, 0.4) is 0 Å². The third-order valence-corrected chi connectivity index (χ3v) is 7.06. The molecule has 1 aliphatic carbocycles. The maximum absolute atomic E-state index is 12.7. The van der Waals surface area contributed by atoms with Crippen LogP contribution in [-0.4, -0.2) is 37.8 Å². The summed E-state index contributed by atoms with van der Waals surface area (Å²) in [6.45, 7) is 1.52. The third-order valence-electron chi connectivity index (χ3n) is 5.16. The van der Waals surface area contributed by atoms with E-state index in [4.69, 9.17) is 5.73 Å². The fourth-order valence-corrected chi connectivity index (χ4v) is 5.25. The molecule has 0 aromatic heterocycles. The maximum atomic E-state index is 12.7. The molecule has 2 aliphatic rings. The first kappa shape index (κ1) is 21.2. The normalized spacial score (nSPS) is 24.0. The zero-order valence-electron chi connectivity index (χ0n) is 14.9. The van der Waals surface area contributed by atoms with E-state index in [2.05, 4.69) is 5.32 Å². The van der Waals surface area contributed by atoms with E-state index in [0.29, 0.717) is 24.5 Å². The number of amides is 1. The first-order chi connectivity index (χ1) is 12.0. The lowest BCUT2D eigenvalue weighted by Crippen LogP contribution is -2.35. The Morgan fingerprint density at radius 3 is 2.58 bits per heavy atom. The Bertz CT molecular complexity index is 720. The lowest BCUT2D eigenvalue weighted by molar-refractivity contribution is -0.125. The summed E-state index contributed by atoms with van der Waals surface area (Å²) in [5, 5.41) is 2.92. The summed E-state index contributed by atoms with van der Waals surface area (Å²) in [5.41, 5.74) is 6.66. The van der Waals surface area contributed by atoms with Gasteiger partial charge in [0.2, 0.25) is 15.9 Å². The molecule has 26 heavy (non-hydrogen) atoms. The predicted molar refractivity (Wildman–Crippen MR) is 103 cm³/mol. The molecule has 1 saturated carbocycles. The van der Waals surface area contributed by atoms with Crippen LogP contribution in [0.15, 0.2) is 29.2 Å². The number of nitrogens with one attached hydrogen (secondary N) is 1. The highest BCUT2D eigenvalue weighted by Gasteiger charge is 2.28. The fraction of sp³-hybridized carbons (Fsp3) is 0.611. The average Bonchev–Trinajstić information content (AvgIpc) is 3.07. The Morgan fingerprint density at radius 1 is 1.19 bits per heavy atom. The minimum Gasteiger partial charge on any atom is -0.352 e. The standard InChI is InChI=1S/C18H27N3O3S.ClH/c19-16-8-7-15(12-16)18(22)20-13-14-5-4-6-17(11-14)25(23,24)21-9-2-1-3-10-21;/h4-6,11,15-16H,1-3,7-10,12-13,19H2,(H,20,22);1H. The number of nitrogens with two attached hydrogens (primary N) is 1. The number of carbonyl (C=O) groups is 1. The molecule has 3 rings (SSSR count). The van der Waals surface area contributed by atoms with Crippen LogP contribution in [0, 0.1) is 5.92 Å². The molecule has 146 valence electrons. The van der Waals surface area contributed by atoms with Gasteiger partial charge in [0.15, 0.2) is 0 Å². The average molecular weight is 402 g/mol. The Balaban J connectivity index is 0.00000243. The zero-order chi connectivity index (χ0) is 17.9. The van der Waals surface area contributed by atoms with Crippen molar-refractivity contribution < 1.29 is 13.2 Å². The minimum absolute atomic E-state index is 0. The van der Waals surface area contributed by atoms with Gasteiger partial charge in [-0.1, -0.05) is 18.6 Å². The van der Waals surface area contributed by atoms with Crippen LogP contribution in [0.1, 0.15) is 44.1 Å². The van der Waals surface area contributed by atoms with Crippen molar-refractivity contribution in [1.29, 1.82) is 0 Å². The van der Waals surface area contributed by atoms with Gasteiger partial charge in [-0.2, -0.15) is 4.31 Å². The van der Waals surface area contributed by atoms with Crippen molar-refractivity contribution in [3.8, 4) is 0 Å². The van der Waals surface area contributed by atoms with Gasteiger partial charge in [-0.05, 0) is 49.8 Å². The topological polar surface area (TPSA) is 92.5 Å². The number of benzene rings is 1. The number of hydrogen-bond acceptors (Lipinski definition) is 4. The van der Waals surface area contributed by atoms with E-state index in [1.165, 1.54) is 0 Å². The van der Waals surface area contributed by atoms with Crippen molar-refractivity contribution in [2.75, 3.05) is 13.1 Å². The van der Waals surface area contributed by atoms with Crippen LogP contribution in [0.5, 0.6) is 0 Å². The van der Waals surface area contributed by atoms with E-state index in [1.807, 2.05) is 6.07 Å². The van der Waals surface area contributed by atoms with Crippen molar-refractivity contribution in [2.24, 2.45) is 11.7 Å². The van der Waals surface area contributed by atoms with Gasteiger partial charge in [0.05, 0.1) is 4.90 Å². The van der Waals surface area contributed by atoms with Crippen LogP contribution in [0.2, 0.25) is 0 Å². The van der Waals surface area contributed by atoms with E-state index in [0.717, 1.165) is 44.1 Å². The number of nitrogens with zero attached hydrogens (tertiary/aromatic N) is 1. The largest absolute Gasteiger partial charge is 0.352 e. The van der Waals surface area contributed by atoms with Gasteiger partial charge in [0.1, 0.15) is 0 Å². The highest BCUT2D eigenvalue weighted by molar-refractivity contribution is 7.89. The fourth-order valence-electron chi connectivity index (χ4n) is 3.66. The van der Waals surface area contributed by atoms with Gasteiger partial charge in [-0.3, -0.25) is 4.79 Å². The van der Waals surface area contributed by atoms with Gasteiger partial charge in [-0.25, -0.2) is 8.42 Å². The molecule has 2 unspecified atom stereocenters. The summed E-state index contributed by atoms with van der Waals surface area (Å²) in [7, 11) is -3.44. The van der Waals surface area contributed by atoms with E-state index in [9.17, 15) is 13.2 Å². The molecule has 3 N–H and O–H groups in total. The van der Waals surface area contributed by atoms with E-state index in [-0.39, 0.29) is 30.3 Å².